The van der Waals surface area contributed by atoms with E-state index in [9.17, 15) is 17.6 Å². The van der Waals surface area contributed by atoms with Crippen LogP contribution in [0, 0.1) is 29.3 Å². The summed E-state index contributed by atoms with van der Waals surface area (Å²) in [6.07, 6.45) is 2.82. The standard InChI is InChI=1S/C24H24F4N4/c1-14-11-15(29)13-32(12-14)21-9-10-30-24(28)17(21)7-5-16-6-8-20(27)23(31-16)22-18(25)3-2-4-19(22)26/h2-4,6,8-10,14-15H,5,7,11-13,29H2,1H3/t14-,15+/m1/s1. The summed E-state index contributed by atoms with van der Waals surface area (Å²) in [5.74, 6) is -2.84. The molecule has 3 heterocycles. The van der Waals surface area contributed by atoms with Gasteiger partial charge < -0.3 is 10.6 Å². The maximum atomic E-state index is 14.7. The average Bonchev–Trinajstić information content (AvgIpc) is 2.73. The van der Waals surface area contributed by atoms with Crippen molar-refractivity contribution in [2.75, 3.05) is 18.0 Å². The number of piperidine rings is 1. The van der Waals surface area contributed by atoms with Gasteiger partial charge in [0, 0.05) is 42.3 Å². The van der Waals surface area contributed by atoms with E-state index in [4.69, 9.17) is 5.73 Å². The molecule has 0 amide bonds. The summed E-state index contributed by atoms with van der Waals surface area (Å²) in [6.45, 7) is 3.48. The lowest BCUT2D eigenvalue weighted by Gasteiger charge is -2.37. The highest BCUT2D eigenvalue weighted by molar-refractivity contribution is 5.61. The van der Waals surface area contributed by atoms with Gasteiger partial charge in [0.15, 0.2) is 0 Å². The number of anilines is 1. The summed E-state index contributed by atoms with van der Waals surface area (Å²) in [5.41, 5.74) is 6.77. The average molecular weight is 444 g/mol. The Kier molecular flexibility index (Phi) is 6.41. The number of hydrogen-bond acceptors (Lipinski definition) is 4. The molecule has 2 N–H and O–H groups in total. The summed E-state index contributed by atoms with van der Waals surface area (Å²) in [4.78, 5) is 9.99. The molecule has 1 fully saturated rings. The van der Waals surface area contributed by atoms with E-state index >= 15 is 0 Å². The summed E-state index contributed by atoms with van der Waals surface area (Å²) in [5, 5.41) is 0. The number of aryl methyl sites for hydroxylation is 1. The molecule has 0 unspecified atom stereocenters. The molecule has 3 aromatic rings. The van der Waals surface area contributed by atoms with E-state index in [1.165, 1.54) is 18.3 Å². The van der Waals surface area contributed by atoms with E-state index in [2.05, 4.69) is 21.8 Å². The minimum absolute atomic E-state index is 0.000171. The fourth-order valence-electron chi connectivity index (χ4n) is 4.36. The van der Waals surface area contributed by atoms with Crippen LogP contribution in [0.25, 0.3) is 11.3 Å². The summed E-state index contributed by atoms with van der Waals surface area (Å²) in [7, 11) is 0. The second-order valence-corrected chi connectivity index (χ2v) is 8.34. The first-order valence-electron chi connectivity index (χ1n) is 10.6. The number of benzene rings is 1. The minimum Gasteiger partial charge on any atom is -0.369 e. The predicted octanol–water partition coefficient (Wildman–Crippen LogP) is 4.66. The van der Waals surface area contributed by atoms with Gasteiger partial charge in [0.25, 0.3) is 0 Å². The summed E-state index contributed by atoms with van der Waals surface area (Å²) < 4.78 is 57.3. The molecule has 1 aromatic carbocycles. The number of halogens is 4. The highest BCUT2D eigenvalue weighted by Crippen LogP contribution is 2.30. The zero-order chi connectivity index (χ0) is 22.8. The molecular formula is C24H24F4N4. The van der Waals surface area contributed by atoms with Crippen molar-refractivity contribution in [3.63, 3.8) is 0 Å². The number of rotatable bonds is 5. The molecule has 32 heavy (non-hydrogen) atoms. The third kappa shape index (κ3) is 4.60. The third-order valence-corrected chi connectivity index (χ3v) is 5.75. The quantitative estimate of drug-likeness (QED) is 0.460. The van der Waals surface area contributed by atoms with Crippen LogP contribution in [0.3, 0.4) is 0 Å². The van der Waals surface area contributed by atoms with Gasteiger partial charge in [-0.3, -0.25) is 0 Å². The fourth-order valence-corrected chi connectivity index (χ4v) is 4.36. The van der Waals surface area contributed by atoms with E-state index < -0.39 is 34.7 Å². The first kappa shape index (κ1) is 22.2. The second-order valence-electron chi connectivity index (χ2n) is 8.34. The molecule has 0 spiro atoms. The van der Waals surface area contributed by atoms with Crippen LogP contribution < -0.4 is 10.6 Å². The molecule has 4 nitrogen and oxygen atoms in total. The van der Waals surface area contributed by atoms with Crippen molar-refractivity contribution in [3.05, 3.63) is 77.3 Å². The van der Waals surface area contributed by atoms with Gasteiger partial charge in [0.2, 0.25) is 5.95 Å². The Morgan fingerprint density at radius 3 is 2.44 bits per heavy atom. The van der Waals surface area contributed by atoms with Crippen LogP contribution in [0.5, 0.6) is 0 Å². The van der Waals surface area contributed by atoms with E-state index in [-0.39, 0.29) is 18.9 Å². The van der Waals surface area contributed by atoms with Crippen LogP contribution >= 0.6 is 0 Å². The zero-order valence-electron chi connectivity index (χ0n) is 17.7. The molecule has 0 bridgehead atoms. The monoisotopic (exact) mass is 444 g/mol. The maximum Gasteiger partial charge on any atom is 0.218 e. The van der Waals surface area contributed by atoms with Crippen molar-refractivity contribution in [1.29, 1.82) is 0 Å². The fraction of sp³-hybridized carbons (Fsp3) is 0.333. The summed E-state index contributed by atoms with van der Waals surface area (Å²) in [6, 6.07) is 7.62. The Bertz CT molecular complexity index is 1090. The first-order valence-corrected chi connectivity index (χ1v) is 10.6. The van der Waals surface area contributed by atoms with Gasteiger partial charge in [-0.15, -0.1) is 0 Å². The van der Waals surface area contributed by atoms with E-state index in [0.29, 0.717) is 23.7 Å². The van der Waals surface area contributed by atoms with Crippen molar-refractivity contribution in [2.24, 2.45) is 11.7 Å². The Labute approximate surface area is 184 Å². The van der Waals surface area contributed by atoms with E-state index in [0.717, 1.165) is 36.9 Å². The molecule has 2 aromatic heterocycles. The molecule has 8 heteroatoms. The number of hydrogen-bond donors (Lipinski definition) is 1. The number of nitrogens with two attached hydrogens (primary N) is 1. The van der Waals surface area contributed by atoms with Crippen molar-refractivity contribution >= 4 is 5.69 Å². The van der Waals surface area contributed by atoms with Crippen molar-refractivity contribution in [3.8, 4) is 11.3 Å². The smallest absolute Gasteiger partial charge is 0.218 e. The van der Waals surface area contributed by atoms with Crippen LogP contribution in [0.15, 0.2) is 42.6 Å². The van der Waals surface area contributed by atoms with Crippen LogP contribution in [0.2, 0.25) is 0 Å². The van der Waals surface area contributed by atoms with Crippen LogP contribution in [0.4, 0.5) is 23.2 Å². The van der Waals surface area contributed by atoms with Gasteiger partial charge in [-0.05, 0) is 55.5 Å². The Hall–Kier alpha value is -3.00. The lowest BCUT2D eigenvalue weighted by molar-refractivity contribution is 0.400. The molecule has 0 aliphatic carbocycles. The van der Waals surface area contributed by atoms with Gasteiger partial charge in [0.05, 0.1) is 5.56 Å². The number of nitrogens with zero attached hydrogens (tertiary/aromatic N) is 3. The molecular weight excluding hydrogens is 420 g/mol. The van der Waals surface area contributed by atoms with Gasteiger partial charge in [-0.2, -0.15) is 4.39 Å². The zero-order valence-corrected chi connectivity index (χ0v) is 17.7. The Balaban J connectivity index is 1.61. The molecule has 168 valence electrons. The van der Waals surface area contributed by atoms with Gasteiger partial charge >= 0.3 is 0 Å². The predicted molar refractivity (Wildman–Crippen MR) is 115 cm³/mol. The molecule has 0 saturated carbocycles. The maximum absolute atomic E-state index is 14.7. The molecule has 0 radical (unpaired) electrons. The minimum atomic E-state index is -0.898. The molecule has 1 aliphatic rings. The van der Waals surface area contributed by atoms with Crippen molar-refractivity contribution in [2.45, 2.75) is 32.2 Å². The lowest BCUT2D eigenvalue weighted by Crippen LogP contribution is -2.46. The first-order chi connectivity index (χ1) is 15.3. The second kappa shape index (κ2) is 9.24. The van der Waals surface area contributed by atoms with Crippen molar-refractivity contribution < 1.29 is 17.6 Å². The summed E-state index contributed by atoms with van der Waals surface area (Å²) >= 11 is 0. The number of pyridine rings is 2. The number of aromatic nitrogens is 2. The van der Waals surface area contributed by atoms with Gasteiger partial charge in [-0.25, -0.2) is 23.1 Å². The van der Waals surface area contributed by atoms with Crippen molar-refractivity contribution in [1.82, 2.24) is 9.97 Å². The molecule has 1 aliphatic heterocycles. The van der Waals surface area contributed by atoms with Crippen LogP contribution in [-0.2, 0) is 12.8 Å². The topological polar surface area (TPSA) is 55.0 Å². The van der Waals surface area contributed by atoms with Gasteiger partial charge in [-0.1, -0.05) is 13.0 Å². The highest BCUT2D eigenvalue weighted by Gasteiger charge is 2.25. The third-order valence-electron chi connectivity index (χ3n) is 5.75. The molecule has 4 rings (SSSR count). The highest BCUT2D eigenvalue weighted by atomic mass is 19.1. The SMILES string of the molecule is C[C@@H]1C[C@H](N)CN(c2ccnc(F)c2CCc2ccc(F)c(-c3c(F)cccc3F)n2)C1. The molecule has 1 saturated heterocycles. The largest absolute Gasteiger partial charge is 0.369 e. The van der Waals surface area contributed by atoms with Gasteiger partial charge in [0.1, 0.15) is 23.1 Å². The van der Waals surface area contributed by atoms with E-state index in [1.54, 1.807) is 6.07 Å². The Morgan fingerprint density at radius 2 is 1.72 bits per heavy atom. The van der Waals surface area contributed by atoms with Crippen LogP contribution in [0.1, 0.15) is 24.6 Å². The van der Waals surface area contributed by atoms with E-state index in [1.807, 2.05) is 0 Å². The van der Waals surface area contributed by atoms with Crippen LogP contribution in [-0.4, -0.2) is 29.1 Å². The Morgan fingerprint density at radius 1 is 0.969 bits per heavy atom. The lowest BCUT2D eigenvalue weighted by atomic mass is 9.95. The molecule has 2 atom stereocenters. The normalized spacial score (nSPS) is 18.8.